The fourth-order valence-electron chi connectivity index (χ4n) is 2.32. The average molecular weight is 366 g/mol. The summed E-state index contributed by atoms with van der Waals surface area (Å²) in [7, 11) is 0. The molecule has 1 atom stereocenters. The number of aromatic nitrogens is 2. The van der Waals surface area contributed by atoms with Crippen molar-refractivity contribution in [3.8, 4) is 0 Å². The van der Waals surface area contributed by atoms with Crippen LogP contribution in [0.15, 0.2) is 36.4 Å². The van der Waals surface area contributed by atoms with Crippen molar-refractivity contribution in [2.75, 3.05) is 5.32 Å². The van der Waals surface area contributed by atoms with Crippen LogP contribution in [0.5, 0.6) is 0 Å². The third-order valence-electron chi connectivity index (χ3n) is 3.56. The molecule has 2 aromatic carbocycles. The molecule has 3 rings (SSSR count). The average Bonchev–Trinajstić information content (AvgIpc) is 2.99. The summed E-state index contributed by atoms with van der Waals surface area (Å²) in [5.74, 6) is -0.0541. The first-order chi connectivity index (χ1) is 11.0. The summed E-state index contributed by atoms with van der Waals surface area (Å²) in [6, 6.07) is 11.0. The summed E-state index contributed by atoms with van der Waals surface area (Å²) in [6.07, 6.45) is 0.339. The maximum absolute atomic E-state index is 12.3. The first-order valence-electron chi connectivity index (χ1n) is 7.00. The first kappa shape index (κ1) is 16.2. The van der Waals surface area contributed by atoms with E-state index in [2.05, 4.69) is 14.1 Å². The molecule has 0 aliphatic rings. The van der Waals surface area contributed by atoms with Gasteiger partial charge in [-0.3, -0.25) is 4.79 Å². The monoisotopic (exact) mass is 365 g/mol. The molecular weight excluding hydrogens is 353 g/mol. The van der Waals surface area contributed by atoms with Crippen molar-refractivity contribution in [2.45, 2.75) is 19.3 Å². The lowest BCUT2D eigenvalue weighted by Gasteiger charge is -2.13. The van der Waals surface area contributed by atoms with E-state index >= 15 is 0 Å². The standard InChI is InChI=1S/C16H13Cl2N3OS/c1-9(10-5-6-11(17)12(18)8-10)7-15(22)19-13-3-2-4-14-16(13)21-23-20-14/h2-6,8-9H,7H2,1H3,(H,19,22). The Labute approximate surface area is 147 Å². The van der Waals surface area contributed by atoms with Gasteiger partial charge in [-0.25, -0.2) is 0 Å². The van der Waals surface area contributed by atoms with E-state index in [1.54, 1.807) is 12.1 Å². The van der Waals surface area contributed by atoms with Gasteiger partial charge in [0.1, 0.15) is 11.0 Å². The van der Waals surface area contributed by atoms with E-state index in [0.29, 0.717) is 27.7 Å². The number of halogens is 2. The number of amides is 1. The van der Waals surface area contributed by atoms with Gasteiger partial charge in [-0.2, -0.15) is 8.75 Å². The topological polar surface area (TPSA) is 54.9 Å². The highest BCUT2D eigenvalue weighted by Gasteiger charge is 2.14. The maximum Gasteiger partial charge on any atom is 0.225 e. The van der Waals surface area contributed by atoms with E-state index in [-0.39, 0.29) is 11.8 Å². The Kier molecular flexibility index (Phi) is 4.80. The third kappa shape index (κ3) is 3.63. The number of hydrogen-bond acceptors (Lipinski definition) is 4. The van der Waals surface area contributed by atoms with E-state index in [1.165, 1.54) is 0 Å². The number of carbonyl (C=O) groups is 1. The molecule has 118 valence electrons. The second kappa shape index (κ2) is 6.83. The minimum absolute atomic E-state index is 0.0255. The van der Waals surface area contributed by atoms with Gasteiger partial charge in [-0.1, -0.05) is 42.3 Å². The highest BCUT2D eigenvalue weighted by atomic mass is 35.5. The lowest BCUT2D eigenvalue weighted by atomic mass is 9.97. The number of hydrogen-bond donors (Lipinski definition) is 1. The largest absolute Gasteiger partial charge is 0.324 e. The van der Waals surface area contributed by atoms with Crippen LogP contribution < -0.4 is 5.32 Å². The van der Waals surface area contributed by atoms with Crippen molar-refractivity contribution in [3.63, 3.8) is 0 Å². The van der Waals surface area contributed by atoms with Crippen LogP contribution in [0.4, 0.5) is 5.69 Å². The maximum atomic E-state index is 12.3. The Balaban J connectivity index is 1.71. The predicted octanol–water partition coefficient (Wildman–Crippen LogP) is 5.13. The zero-order chi connectivity index (χ0) is 16.4. The molecule has 0 aliphatic carbocycles. The van der Waals surface area contributed by atoms with Crippen molar-refractivity contribution in [2.24, 2.45) is 0 Å². The Morgan fingerprint density at radius 2 is 2.04 bits per heavy atom. The highest BCUT2D eigenvalue weighted by molar-refractivity contribution is 7.00. The summed E-state index contributed by atoms with van der Waals surface area (Å²) in [5.41, 5.74) is 3.16. The van der Waals surface area contributed by atoms with Crippen LogP contribution in [-0.4, -0.2) is 14.7 Å². The quantitative estimate of drug-likeness (QED) is 0.696. The zero-order valence-corrected chi connectivity index (χ0v) is 14.5. The van der Waals surface area contributed by atoms with Crippen molar-refractivity contribution in [1.82, 2.24) is 8.75 Å². The molecule has 0 saturated heterocycles. The van der Waals surface area contributed by atoms with Crippen molar-refractivity contribution >= 4 is 57.6 Å². The minimum atomic E-state index is -0.0796. The van der Waals surface area contributed by atoms with E-state index in [9.17, 15) is 4.79 Å². The van der Waals surface area contributed by atoms with Gasteiger partial charge in [0.15, 0.2) is 0 Å². The molecule has 0 bridgehead atoms. The number of rotatable bonds is 4. The molecule has 0 saturated carbocycles. The van der Waals surface area contributed by atoms with Crippen LogP contribution in [0.25, 0.3) is 11.0 Å². The number of anilines is 1. The second-order valence-corrected chi connectivity index (χ2v) is 6.61. The van der Waals surface area contributed by atoms with E-state index in [4.69, 9.17) is 23.2 Å². The normalized spacial score (nSPS) is 12.3. The van der Waals surface area contributed by atoms with Gasteiger partial charge in [-0.15, -0.1) is 0 Å². The molecule has 1 N–H and O–H groups in total. The van der Waals surface area contributed by atoms with Gasteiger partial charge in [0, 0.05) is 6.42 Å². The SMILES string of the molecule is CC(CC(=O)Nc1cccc2nsnc12)c1ccc(Cl)c(Cl)c1. The summed E-state index contributed by atoms with van der Waals surface area (Å²) < 4.78 is 8.38. The molecule has 0 radical (unpaired) electrons. The van der Waals surface area contributed by atoms with Crippen LogP contribution in [0.2, 0.25) is 10.0 Å². The van der Waals surface area contributed by atoms with E-state index < -0.39 is 0 Å². The third-order valence-corrected chi connectivity index (χ3v) is 4.85. The van der Waals surface area contributed by atoms with Crippen molar-refractivity contribution in [3.05, 3.63) is 52.0 Å². The van der Waals surface area contributed by atoms with Gasteiger partial charge in [0.05, 0.1) is 27.5 Å². The summed E-state index contributed by atoms with van der Waals surface area (Å²) in [6.45, 7) is 1.98. The van der Waals surface area contributed by atoms with Crippen molar-refractivity contribution in [1.29, 1.82) is 0 Å². The summed E-state index contributed by atoms with van der Waals surface area (Å²) in [5, 5.41) is 3.91. The summed E-state index contributed by atoms with van der Waals surface area (Å²) >= 11 is 13.1. The van der Waals surface area contributed by atoms with Gasteiger partial charge in [0.2, 0.25) is 5.91 Å². The number of carbonyl (C=O) groups excluding carboxylic acids is 1. The lowest BCUT2D eigenvalue weighted by Crippen LogP contribution is -2.14. The van der Waals surface area contributed by atoms with Crippen LogP contribution in [-0.2, 0) is 4.79 Å². The predicted molar refractivity (Wildman–Crippen MR) is 95.5 cm³/mol. The first-order valence-corrected chi connectivity index (χ1v) is 8.49. The van der Waals surface area contributed by atoms with E-state index in [1.807, 2.05) is 31.2 Å². The van der Waals surface area contributed by atoms with Crippen molar-refractivity contribution < 1.29 is 4.79 Å². The fourth-order valence-corrected chi connectivity index (χ4v) is 3.18. The smallest absolute Gasteiger partial charge is 0.225 e. The molecule has 23 heavy (non-hydrogen) atoms. The molecule has 0 fully saturated rings. The van der Waals surface area contributed by atoms with Gasteiger partial charge < -0.3 is 5.32 Å². The molecule has 0 spiro atoms. The number of nitrogens with one attached hydrogen (secondary N) is 1. The molecule has 0 aliphatic heterocycles. The Bertz CT molecular complexity index is 865. The lowest BCUT2D eigenvalue weighted by molar-refractivity contribution is -0.116. The zero-order valence-electron chi connectivity index (χ0n) is 12.2. The molecule has 1 unspecified atom stereocenters. The minimum Gasteiger partial charge on any atom is -0.324 e. The van der Waals surface area contributed by atoms with Gasteiger partial charge in [0.25, 0.3) is 0 Å². The summed E-state index contributed by atoms with van der Waals surface area (Å²) in [4.78, 5) is 12.3. The fraction of sp³-hybridized carbons (Fsp3) is 0.188. The molecule has 1 heterocycles. The molecule has 1 aromatic heterocycles. The van der Waals surface area contributed by atoms with Crippen LogP contribution in [0, 0.1) is 0 Å². The van der Waals surface area contributed by atoms with Gasteiger partial charge >= 0.3 is 0 Å². The molecule has 3 aromatic rings. The van der Waals surface area contributed by atoms with E-state index in [0.717, 1.165) is 22.8 Å². The number of nitrogens with zero attached hydrogens (tertiary/aromatic N) is 2. The Morgan fingerprint density at radius 1 is 1.22 bits per heavy atom. The molecular formula is C16H13Cl2N3OS. The van der Waals surface area contributed by atoms with Crippen LogP contribution >= 0.6 is 34.9 Å². The number of benzene rings is 2. The molecule has 4 nitrogen and oxygen atoms in total. The second-order valence-electron chi connectivity index (χ2n) is 5.26. The molecule has 7 heteroatoms. The highest BCUT2D eigenvalue weighted by Crippen LogP contribution is 2.28. The Morgan fingerprint density at radius 3 is 2.83 bits per heavy atom. The van der Waals surface area contributed by atoms with Gasteiger partial charge in [-0.05, 0) is 35.7 Å². The number of fused-ring (bicyclic) bond motifs is 1. The van der Waals surface area contributed by atoms with Crippen LogP contribution in [0.1, 0.15) is 24.8 Å². The molecule has 1 amide bonds. The van der Waals surface area contributed by atoms with Crippen LogP contribution in [0.3, 0.4) is 0 Å². The Hall–Kier alpha value is -1.69.